The van der Waals surface area contributed by atoms with Crippen molar-refractivity contribution in [1.82, 2.24) is 9.55 Å². The van der Waals surface area contributed by atoms with Gasteiger partial charge in [0.2, 0.25) is 0 Å². The van der Waals surface area contributed by atoms with Crippen LogP contribution in [0.4, 0.5) is 5.82 Å². The molecular formula is C24H27N3O3. The Labute approximate surface area is 176 Å². The third kappa shape index (κ3) is 3.36. The number of nitrogens with two attached hydrogens (primary N) is 1. The van der Waals surface area contributed by atoms with E-state index in [1.165, 1.54) is 6.20 Å². The van der Waals surface area contributed by atoms with Gasteiger partial charge in [0.15, 0.2) is 5.78 Å². The molecule has 6 heteroatoms. The topological polar surface area (TPSA) is 87.2 Å². The van der Waals surface area contributed by atoms with Crippen molar-refractivity contribution >= 4 is 28.3 Å². The normalized spacial score (nSPS) is 15.5. The summed E-state index contributed by atoms with van der Waals surface area (Å²) in [5.74, 6) is 0.120. The second kappa shape index (κ2) is 6.97. The summed E-state index contributed by atoms with van der Waals surface area (Å²) in [5.41, 5.74) is 10.0. The Morgan fingerprint density at radius 1 is 1.23 bits per heavy atom. The van der Waals surface area contributed by atoms with Gasteiger partial charge < -0.3 is 15.0 Å². The van der Waals surface area contributed by atoms with Gasteiger partial charge in [-0.25, -0.2) is 9.78 Å². The van der Waals surface area contributed by atoms with Crippen LogP contribution in [0.1, 0.15) is 66.1 Å². The zero-order valence-electron chi connectivity index (χ0n) is 18.1. The molecule has 0 atom stereocenters. The van der Waals surface area contributed by atoms with Crippen molar-refractivity contribution in [2.24, 2.45) is 5.41 Å². The standard InChI is InChI=1S/C24H27N3O3/c1-13(2)30-23(29)18-11-26-22(25)16-7-6-15(8-17(16)18)27-12-14(3)21-19(27)9-24(4,5)10-20(21)28/h6-8,11-13H,9-10H2,1-5H3,(H2,25,26). The largest absolute Gasteiger partial charge is 0.459 e. The number of carbonyl (C=O) groups is 2. The monoisotopic (exact) mass is 405 g/mol. The molecule has 4 rings (SSSR count). The molecule has 2 N–H and O–H groups in total. The van der Waals surface area contributed by atoms with Gasteiger partial charge in [0, 0.05) is 46.5 Å². The molecular weight excluding hydrogens is 378 g/mol. The minimum atomic E-state index is -0.429. The lowest BCUT2D eigenvalue weighted by Gasteiger charge is -2.30. The maximum atomic E-state index is 12.8. The lowest BCUT2D eigenvalue weighted by Crippen LogP contribution is -2.28. The molecule has 0 amide bonds. The van der Waals surface area contributed by atoms with E-state index in [4.69, 9.17) is 10.5 Å². The van der Waals surface area contributed by atoms with Crippen LogP contribution in [-0.2, 0) is 11.2 Å². The van der Waals surface area contributed by atoms with Crippen molar-refractivity contribution in [3.8, 4) is 5.69 Å². The fourth-order valence-electron chi connectivity index (χ4n) is 4.35. The highest BCUT2D eigenvalue weighted by molar-refractivity contribution is 6.07. The van der Waals surface area contributed by atoms with E-state index < -0.39 is 5.97 Å². The molecule has 0 fully saturated rings. The number of hydrogen-bond donors (Lipinski definition) is 1. The van der Waals surface area contributed by atoms with E-state index in [2.05, 4.69) is 23.4 Å². The molecule has 1 aliphatic rings. The number of nitrogens with zero attached hydrogens (tertiary/aromatic N) is 2. The summed E-state index contributed by atoms with van der Waals surface area (Å²) >= 11 is 0. The fraction of sp³-hybridized carbons (Fsp3) is 0.375. The number of esters is 1. The molecule has 0 saturated carbocycles. The van der Waals surface area contributed by atoms with E-state index in [9.17, 15) is 9.59 Å². The zero-order chi connectivity index (χ0) is 21.8. The summed E-state index contributed by atoms with van der Waals surface area (Å²) in [7, 11) is 0. The van der Waals surface area contributed by atoms with Gasteiger partial charge in [0.1, 0.15) is 5.82 Å². The van der Waals surface area contributed by atoms with Crippen LogP contribution in [0.2, 0.25) is 0 Å². The molecule has 0 radical (unpaired) electrons. The number of carbonyl (C=O) groups excluding carboxylic acids is 2. The summed E-state index contributed by atoms with van der Waals surface area (Å²) in [6.07, 6.45) is 4.59. The van der Waals surface area contributed by atoms with Gasteiger partial charge in [-0.3, -0.25) is 4.79 Å². The van der Waals surface area contributed by atoms with Crippen LogP contribution in [0.15, 0.2) is 30.6 Å². The predicted octanol–water partition coefficient (Wildman–Crippen LogP) is 4.64. The van der Waals surface area contributed by atoms with Crippen molar-refractivity contribution < 1.29 is 14.3 Å². The number of benzene rings is 1. The van der Waals surface area contributed by atoms with Crippen molar-refractivity contribution in [3.63, 3.8) is 0 Å². The summed E-state index contributed by atoms with van der Waals surface area (Å²) in [4.78, 5) is 29.6. The molecule has 1 aliphatic carbocycles. The number of anilines is 1. The zero-order valence-corrected chi connectivity index (χ0v) is 18.1. The van der Waals surface area contributed by atoms with Crippen LogP contribution in [0, 0.1) is 12.3 Å². The number of fused-ring (bicyclic) bond motifs is 2. The number of nitrogen functional groups attached to an aromatic ring is 1. The van der Waals surface area contributed by atoms with Crippen LogP contribution in [-0.4, -0.2) is 27.4 Å². The Balaban J connectivity index is 1.91. The molecule has 0 bridgehead atoms. The van der Waals surface area contributed by atoms with Gasteiger partial charge in [-0.15, -0.1) is 0 Å². The third-order valence-electron chi connectivity index (χ3n) is 5.60. The third-order valence-corrected chi connectivity index (χ3v) is 5.60. The molecule has 3 aromatic rings. The second-order valence-electron chi connectivity index (χ2n) is 9.19. The maximum absolute atomic E-state index is 12.8. The quantitative estimate of drug-likeness (QED) is 0.642. The second-order valence-corrected chi connectivity index (χ2v) is 9.19. The Bertz CT molecular complexity index is 1190. The summed E-state index contributed by atoms with van der Waals surface area (Å²) in [6.45, 7) is 9.83. The minimum absolute atomic E-state index is 0.0932. The lowest BCUT2D eigenvalue weighted by molar-refractivity contribution is 0.0379. The van der Waals surface area contributed by atoms with Gasteiger partial charge >= 0.3 is 5.97 Å². The Morgan fingerprint density at radius 3 is 2.67 bits per heavy atom. The smallest absolute Gasteiger partial charge is 0.340 e. The molecule has 30 heavy (non-hydrogen) atoms. The van der Waals surface area contributed by atoms with Crippen molar-refractivity contribution in [3.05, 3.63) is 53.0 Å². The highest BCUT2D eigenvalue weighted by Crippen LogP contribution is 2.38. The first-order chi connectivity index (χ1) is 14.1. The molecule has 0 aliphatic heterocycles. The van der Waals surface area contributed by atoms with Crippen LogP contribution < -0.4 is 5.73 Å². The van der Waals surface area contributed by atoms with E-state index in [1.54, 1.807) is 0 Å². The number of Topliss-reactive ketones (excluding diaryl/α,β-unsaturated/α-hetero) is 1. The number of ether oxygens (including phenoxy) is 1. The Kier molecular flexibility index (Phi) is 4.68. The van der Waals surface area contributed by atoms with Crippen molar-refractivity contribution in [1.29, 1.82) is 0 Å². The first-order valence-corrected chi connectivity index (χ1v) is 10.2. The molecule has 0 spiro atoms. The van der Waals surface area contributed by atoms with Gasteiger partial charge in [0.05, 0.1) is 11.7 Å². The van der Waals surface area contributed by atoms with E-state index in [0.717, 1.165) is 28.9 Å². The Hall–Kier alpha value is -3.15. The number of aryl methyl sites for hydroxylation is 1. The summed E-state index contributed by atoms with van der Waals surface area (Å²) in [5, 5.41) is 1.39. The van der Waals surface area contributed by atoms with Crippen molar-refractivity contribution in [2.75, 3.05) is 5.73 Å². The fourth-order valence-corrected chi connectivity index (χ4v) is 4.35. The molecule has 156 valence electrons. The molecule has 2 aromatic heterocycles. The molecule has 2 heterocycles. The van der Waals surface area contributed by atoms with Gasteiger partial charge in [-0.1, -0.05) is 13.8 Å². The first-order valence-electron chi connectivity index (χ1n) is 10.2. The number of hydrogen-bond acceptors (Lipinski definition) is 5. The van der Waals surface area contributed by atoms with Gasteiger partial charge in [-0.2, -0.15) is 0 Å². The van der Waals surface area contributed by atoms with Crippen LogP contribution >= 0.6 is 0 Å². The molecule has 0 saturated heterocycles. The molecule has 1 aromatic carbocycles. The average molecular weight is 405 g/mol. The highest BCUT2D eigenvalue weighted by Gasteiger charge is 2.34. The van der Waals surface area contributed by atoms with Crippen LogP contribution in [0.3, 0.4) is 0 Å². The Morgan fingerprint density at radius 2 is 1.97 bits per heavy atom. The van der Waals surface area contributed by atoms with E-state index in [0.29, 0.717) is 28.6 Å². The van der Waals surface area contributed by atoms with E-state index in [1.807, 2.05) is 45.2 Å². The number of rotatable bonds is 3. The number of aromatic nitrogens is 2. The lowest BCUT2D eigenvalue weighted by atomic mass is 9.75. The van der Waals surface area contributed by atoms with Crippen LogP contribution in [0.25, 0.3) is 16.5 Å². The summed E-state index contributed by atoms with van der Waals surface area (Å²) < 4.78 is 7.46. The highest BCUT2D eigenvalue weighted by atomic mass is 16.5. The molecule has 0 unspecified atom stereocenters. The van der Waals surface area contributed by atoms with Crippen LogP contribution in [0.5, 0.6) is 0 Å². The summed E-state index contributed by atoms with van der Waals surface area (Å²) in [6, 6.07) is 5.75. The van der Waals surface area contributed by atoms with Gasteiger partial charge in [-0.05, 0) is 56.4 Å². The van der Waals surface area contributed by atoms with Crippen molar-refractivity contribution in [2.45, 2.75) is 53.6 Å². The predicted molar refractivity (Wildman–Crippen MR) is 117 cm³/mol. The molecule has 6 nitrogen and oxygen atoms in total. The van der Waals surface area contributed by atoms with E-state index in [-0.39, 0.29) is 17.3 Å². The van der Waals surface area contributed by atoms with Gasteiger partial charge in [0.25, 0.3) is 0 Å². The number of pyridine rings is 1. The minimum Gasteiger partial charge on any atom is -0.459 e. The maximum Gasteiger partial charge on any atom is 0.340 e. The SMILES string of the molecule is Cc1cn(-c2ccc3c(N)ncc(C(=O)OC(C)C)c3c2)c2c1C(=O)CC(C)(C)C2. The average Bonchev–Trinajstić information content (AvgIpc) is 2.96. The number of ketones is 1. The van der Waals surface area contributed by atoms with E-state index >= 15 is 0 Å². The first kappa shape index (κ1) is 20.1.